The first-order valence-corrected chi connectivity index (χ1v) is 13.2. The molecule has 0 bridgehead atoms. The molecule has 0 unspecified atom stereocenters. The minimum Gasteiger partial charge on any atom is -0.354 e. The Morgan fingerprint density at radius 2 is 1.10 bits per heavy atom. The molecular formula is C23H32ClN13O4. The Labute approximate surface area is 239 Å². The van der Waals surface area contributed by atoms with Crippen LogP contribution >= 0.6 is 11.6 Å². The van der Waals surface area contributed by atoms with E-state index in [9.17, 15) is 19.2 Å². The molecule has 0 aliphatic rings. The van der Waals surface area contributed by atoms with Gasteiger partial charge in [0.2, 0.25) is 29.1 Å². The van der Waals surface area contributed by atoms with Gasteiger partial charge >= 0.3 is 12.1 Å². The molecule has 0 saturated carbocycles. The van der Waals surface area contributed by atoms with E-state index in [1.165, 1.54) is 12.1 Å². The molecule has 0 aliphatic carbocycles. The van der Waals surface area contributed by atoms with Crippen LogP contribution in [-0.4, -0.2) is 73.1 Å². The molecular weight excluding hydrogens is 558 g/mol. The fraction of sp³-hybridized carbons (Fsp3) is 0.435. The first kappa shape index (κ1) is 30.7. The van der Waals surface area contributed by atoms with Crippen LogP contribution in [0, 0.1) is 13.8 Å². The van der Waals surface area contributed by atoms with Crippen molar-refractivity contribution in [1.82, 2.24) is 45.5 Å². The van der Waals surface area contributed by atoms with Crippen LogP contribution in [0.3, 0.4) is 0 Å². The normalized spacial score (nSPS) is 10.5. The summed E-state index contributed by atoms with van der Waals surface area (Å²) in [5.41, 5.74) is 0.309. The van der Waals surface area contributed by atoms with Gasteiger partial charge in [-0.15, -0.1) is 0 Å². The summed E-state index contributed by atoms with van der Waals surface area (Å²) < 4.78 is 0. The number of anilines is 4. The zero-order chi connectivity index (χ0) is 29.6. The van der Waals surface area contributed by atoms with Crippen molar-refractivity contribution in [1.29, 1.82) is 0 Å². The number of halogens is 1. The second kappa shape index (κ2) is 15.7. The van der Waals surface area contributed by atoms with Crippen molar-refractivity contribution in [2.45, 2.75) is 39.5 Å². The van der Waals surface area contributed by atoms with Crippen molar-refractivity contribution in [3.8, 4) is 0 Å². The Hall–Kier alpha value is -4.80. The number of nitrogens with one attached hydrogen (secondary N) is 8. The number of aryl methyl sites for hydroxylation is 2. The summed E-state index contributed by atoms with van der Waals surface area (Å²) in [4.78, 5) is 72.0. The third kappa shape index (κ3) is 11.9. The third-order valence-corrected chi connectivity index (χ3v) is 5.34. The Bertz CT molecular complexity index is 1340. The van der Waals surface area contributed by atoms with Crippen LogP contribution in [0.15, 0.2) is 21.7 Å². The minimum absolute atomic E-state index is 0.0345. The summed E-state index contributed by atoms with van der Waals surface area (Å²) in [6, 6.07) is 1.72. The maximum atomic E-state index is 11.9. The van der Waals surface area contributed by atoms with Crippen LogP contribution in [0.1, 0.15) is 37.1 Å². The van der Waals surface area contributed by atoms with E-state index in [4.69, 9.17) is 11.6 Å². The minimum atomic E-state index is -0.470. The zero-order valence-corrected chi connectivity index (χ0v) is 23.3. The number of rotatable bonds is 14. The van der Waals surface area contributed by atoms with E-state index >= 15 is 0 Å². The van der Waals surface area contributed by atoms with Crippen molar-refractivity contribution in [2.24, 2.45) is 0 Å². The second-order valence-corrected chi connectivity index (χ2v) is 9.12. The van der Waals surface area contributed by atoms with Crippen molar-refractivity contribution in [2.75, 3.05) is 47.4 Å². The Kier molecular flexibility index (Phi) is 11.8. The molecule has 17 nitrogen and oxygen atoms in total. The Morgan fingerprint density at radius 1 is 0.683 bits per heavy atom. The smallest absolute Gasteiger partial charge is 0.321 e. The molecule has 0 spiro atoms. The van der Waals surface area contributed by atoms with E-state index in [0.29, 0.717) is 75.1 Å². The number of carbonyl (C=O) groups is 2. The number of carbonyl (C=O) groups excluding carboxylic acids is 2. The van der Waals surface area contributed by atoms with Crippen LogP contribution < -0.4 is 43.0 Å². The van der Waals surface area contributed by atoms with Crippen LogP contribution in [-0.2, 0) is 0 Å². The average molecular weight is 590 g/mol. The Morgan fingerprint density at radius 3 is 1.51 bits per heavy atom. The number of aromatic nitrogens is 7. The van der Waals surface area contributed by atoms with Crippen molar-refractivity contribution in [3.05, 3.63) is 49.5 Å². The largest absolute Gasteiger partial charge is 0.354 e. The summed E-state index contributed by atoms with van der Waals surface area (Å²) in [7, 11) is 0. The molecule has 3 heterocycles. The molecule has 0 saturated heterocycles. The molecule has 41 heavy (non-hydrogen) atoms. The van der Waals surface area contributed by atoms with Gasteiger partial charge in [-0.2, -0.15) is 24.9 Å². The molecule has 0 atom stereocenters. The van der Waals surface area contributed by atoms with Gasteiger partial charge in [-0.05, 0) is 51.1 Å². The third-order valence-electron chi connectivity index (χ3n) is 5.17. The lowest BCUT2D eigenvalue weighted by molar-refractivity contribution is 0.251. The molecule has 3 aromatic heterocycles. The molecule has 3 aromatic rings. The van der Waals surface area contributed by atoms with Crippen molar-refractivity contribution in [3.63, 3.8) is 0 Å². The number of amides is 4. The fourth-order valence-electron chi connectivity index (χ4n) is 3.39. The Balaban J connectivity index is 1.27. The molecule has 0 aliphatic heterocycles. The predicted octanol–water partition coefficient (Wildman–Crippen LogP) is 1.34. The summed E-state index contributed by atoms with van der Waals surface area (Å²) in [6.45, 7) is 5.28. The molecule has 0 aromatic carbocycles. The number of urea groups is 2. The number of unbranched alkanes of at least 4 members (excludes halogenated alkanes) is 2. The van der Waals surface area contributed by atoms with Gasteiger partial charge in [0.05, 0.1) is 0 Å². The fourth-order valence-corrected chi connectivity index (χ4v) is 3.55. The van der Waals surface area contributed by atoms with E-state index in [1.807, 2.05) is 0 Å². The zero-order valence-electron chi connectivity index (χ0n) is 22.6. The van der Waals surface area contributed by atoms with Gasteiger partial charge in [0.1, 0.15) is 0 Å². The summed E-state index contributed by atoms with van der Waals surface area (Å²) in [6.07, 6.45) is 2.77. The SMILES string of the molecule is Cc1cc(=O)nc(NC(=O)NCCCCNc2nc(Cl)nc(NCCCCNC(=O)Nc3nc(=O)cc(C)[nH]3)n2)[nH]1. The molecule has 8 N–H and O–H groups in total. The van der Waals surface area contributed by atoms with E-state index in [0.717, 1.165) is 0 Å². The van der Waals surface area contributed by atoms with Gasteiger partial charge in [-0.3, -0.25) is 20.2 Å². The lowest BCUT2D eigenvalue weighted by Crippen LogP contribution is -2.31. The lowest BCUT2D eigenvalue weighted by atomic mass is 10.3. The number of hydrogen-bond donors (Lipinski definition) is 8. The molecule has 0 fully saturated rings. The van der Waals surface area contributed by atoms with E-state index in [1.54, 1.807) is 13.8 Å². The van der Waals surface area contributed by atoms with E-state index in [2.05, 4.69) is 66.8 Å². The topological polar surface area (TPSA) is 236 Å². The average Bonchev–Trinajstić information content (AvgIpc) is 2.86. The number of nitrogens with zero attached hydrogens (tertiary/aromatic N) is 5. The van der Waals surface area contributed by atoms with Gasteiger partial charge in [0.25, 0.3) is 11.1 Å². The van der Waals surface area contributed by atoms with Gasteiger partial charge < -0.3 is 31.2 Å². The van der Waals surface area contributed by atoms with Crippen molar-refractivity contribution < 1.29 is 9.59 Å². The summed E-state index contributed by atoms with van der Waals surface area (Å²) in [5.74, 6) is 0.795. The first-order chi connectivity index (χ1) is 19.7. The van der Waals surface area contributed by atoms with Gasteiger partial charge in [0, 0.05) is 49.7 Å². The van der Waals surface area contributed by atoms with E-state index < -0.39 is 23.2 Å². The molecule has 0 radical (unpaired) electrons. The lowest BCUT2D eigenvalue weighted by Gasteiger charge is -2.10. The molecule has 4 amide bonds. The van der Waals surface area contributed by atoms with Crippen LogP contribution in [0.4, 0.5) is 33.4 Å². The highest BCUT2D eigenvalue weighted by atomic mass is 35.5. The van der Waals surface area contributed by atoms with Gasteiger partial charge in [0.15, 0.2) is 0 Å². The highest BCUT2D eigenvalue weighted by molar-refractivity contribution is 6.28. The van der Waals surface area contributed by atoms with E-state index in [-0.39, 0.29) is 17.2 Å². The molecule has 220 valence electrons. The monoisotopic (exact) mass is 589 g/mol. The quantitative estimate of drug-likeness (QED) is 0.125. The van der Waals surface area contributed by atoms with Crippen LogP contribution in [0.5, 0.6) is 0 Å². The summed E-state index contributed by atoms with van der Waals surface area (Å²) >= 11 is 6.01. The van der Waals surface area contributed by atoms with Gasteiger partial charge in [-0.1, -0.05) is 0 Å². The highest BCUT2D eigenvalue weighted by Crippen LogP contribution is 2.10. The number of hydrogen-bond acceptors (Lipinski definition) is 11. The highest BCUT2D eigenvalue weighted by Gasteiger charge is 2.07. The standard InChI is InChI=1S/C23H32ClN13O4/c1-13-11-15(38)31-20(29-13)36-22(40)27-9-5-3-7-25-18-33-17(24)34-19(35-18)26-8-4-6-10-28-23(41)37-21-30-14(2)12-16(39)32-21/h11-12H,3-10H2,1-2H3,(H2,25,26,33,34,35)(H3,27,29,31,36,38,40)(H3,28,30,32,37,39,41). The first-order valence-electron chi connectivity index (χ1n) is 12.8. The van der Waals surface area contributed by atoms with Crippen LogP contribution in [0.2, 0.25) is 5.28 Å². The van der Waals surface area contributed by atoms with Crippen LogP contribution in [0.25, 0.3) is 0 Å². The molecule has 18 heteroatoms. The second-order valence-electron chi connectivity index (χ2n) is 8.78. The van der Waals surface area contributed by atoms with Crippen molar-refractivity contribution >= 4 is 47.5 Å². The number of H-pyrrole nitrogens is 2. The molecule has 3 rings (SSSR count). The summed E-state index contributed by atoms with van der Waals surface area (Å²) in [5, 5.41) is 16.5. The van der Waals surface area contributed by atoms with Gasteiger partial charge in [-0.25, -0.2) is 9.59 Å². The maximum Gasteiger partial charge on any atom is 0.321 e. The predicted molar refractivity (Wildman–Crippen MR) is 154 cm³/mol. The maximum absolute atomic E-state index is 11.9. The number of aromatic amines is 2.